The summed E-state index contributed by atoms with van der Waals surface area (Å²) < 4.78 is 11.4. The largest absolute Gasteiger partial charge is 0.490 e. The van der Waals surface area contributed by atoms with Crippen molar-refractivity contribution in [1.82, 2.24) is 4.98 Å². The van der Waals surface area contributed by atoms with Crippen LogP contribution in [0, 0.1) is 0 Å². The highest BCUT2D eigenvalue weighted by Gasteiger charge is 2.12. The average Bonchev–Trinajstić information content (AvgIpc) is 3.17. The van der Waals surface area contributed by atoms with Gasteiger partial charge in [0.1, 0.15) is 0 Å². The Balaban J connectivity index is 1.71. The zero-order valence-corrected chi connectivity index (χ0v) is 17.4. The summed E-state index contributed by atoms with van der Waals surface area (Å²) in [5, 5.41) is 7.49. The summed E-state index contributed by atoms with van der Waals surface area (Å²) in [6.45, 7) is 5.08. The third-order valence-corrected chi connectivity index (χ3v) is 4.76. The lowest BCUT2D eigenvalue weighted by Gasteiger charge is -2.13. The van der Waals surface area contributed by atoms with Crippen molar-refractivity contribution >= 4 is 34.3 Å². The third kappa shape index (κ3) is 5.24. The first kappa shape index (κ1) is 20.2. The molecule has 0 aliphatic rings. The molecule has 0 spiro atoms. The predicted molar refractivity (Wildman–Crippen MR) is 117 cm³/mol. The van der Waals surface area contributed by atoms with Crippen molar-refractivity contribution in [2.75, 3.05) is 18.6 Å². The summed E-state index contributed by atoms with van der Waals surface area (Å²) in [4.78, 5) is 4.55. The first-order valence-electron chi connectivity index (χ1n) is 9.10. The van der Waals surface area contributed by atoms with Gasteiger partial charge in [0.2, 0.25) is 5.13 Å². The summed E-state index contributed by atoms with van der Waals surface area (Å²) in [7, 11) is 0. The fraction of sp³-hybridized carbons (Fsp3) is 0.238. The minimum atomic E-state index is 0.501. The molecule has 146 valence electrons. The lowest BCUT2D eigenvalue weighted by molar-refractivity contribution is 0.277. The van der Waals surface area contributed by atoms with Gasteiger partial charge in [0.25, 0.3) is 0 Å². The SMILES string of the molecule is CCCOc1c(Cl)cc(/C=N\Nc2nc(-c3ccccc3)cs2)cc1OCC. The normalized spacial score (nSPS) is 11.0. The molecule has 0 aliphatic carbocycles. The first-order chi connectivity index (χ1) is 13.7. The van der Waals surface area contributed by atoms with Gasteiger partial charge in [0.15, 0.2) is 11.5 Å². The van der Waals surface area contributed by atoms with Crippen LogP contribution in [0.25, 0.3) is 11.3 Å². The second-order valence-corrected chi connectivity index (χ2v) is 7.15. The highest BCUT2D eigenvalue weighted by Crippen LogP contribution is 2.36. The van der Waals surface area contributed by atoms with Crippen molar-refractivity contribution in [2.24, 2.45) is 5.10 Å². The highest BCUT2D eigenvalue weighted by atomic mass is 35.5. The van der Waals surface area contributed by atoms with Gasteiger partial charge < -0.3 is 9.47 Å². The van der Waals surface area contributed by atoms with Gasteiger partial charge in [-0.1, -0.05) is 48.9 Å². The van der Waals surface area contributed by atoms with Gasteiger partial charge in [-0.05, 0) is 31.0 Å². The van der Waals surface area contributed by atoms with E-state index in [2.05, 4.69) is 15.5 Å². The summed E-state index contributed by atoms with van der Waals surface area (Å²) >= 11 is 7.87. The zero-order valence-electron chi connectivity index (χ0n) is 15.8. The number of rotatable bonds is 9. The molecule has 1 aromatic heterocycles. The van der Waals surface area contributed by atoms with Crippen molar-refractivity contribution in [3.05, 3.63) is 58.4 Å². The Morgan fingerprint density at radius 1 is 1.18 bits per heavy atom. The smallest absolute Gasteiger partial charge is 0.203 e. The summed E-state index contributed by atoms with van der Waals surface area (Å²) in [5.74, 6) is 1.19. The van der Waals surface area contributed by atoms with Crippen molar-refractivity contribution in [2.45, 2.75) is 20.3 Å². The van der Waals surface area contributed by atoms with Crippen LogP contribution in [0.3, 0.4) is 0 Å². The number of aromatic nitrogens is 1. The van der Waals surface area contributed by atoms with Crippen LogP contribution < -0.4 is 14.9 Å². The van der Waals surface area contributed by atoms with Crippen LogP contribution in [-0.4, -0.2) is 24.4 Å². The Morgan fingerprint density at radius 3 is 2.75 bits per heavy atom. The highest BCUT2D eigenvalue weighted by molar-refractivity contribution is 7.14. The number of nitrogens with one attached hydrogen (secondary N) is 1. The number of hydrogen-bond donors (Lipinski definition) is 1. The second kappa shape index (κ2) is 10.1. The molecule has 1 N–H and O–H groups in total. The number of hydrazone groups is 1. The maximum atomic E-state index is 6.38. The standard InChI is InChI=1S/C21H22ClN3O2S/c1-3-10-27-20-17(22)11-15(12-19(20)26-4-2)13-23-25-21-24-18(14-28-21)16-8-6-5-7-9-16/h5-9,11-14H,3-4,10H2,1-2H3,(H,24,25)/b23-13-. The van der Waals surface area contributed by atoms with Crippen LogP contribution in [0.4, 0.5) is 5.13 Å². The number of ether oxygens (including phenoxy) is 2. The van der Waals surface area contributed by atoms with Gasteiger partial charge in [-0.3, -0.25) is 5.43 Å². The molecule has 7 heteroatoms. The number of halogens is 1. The van der Waals surface area contributed by atoms with Crippen LogP contribution >= 0.6 is 22.9 Å². The topological polar surface area (TPSA) is 55.7 Å². The van der Waals surface area contributed by atoms with Gasteiger partial charge in [0, 0.05) is 10.9 Å². The number of nitrogens with zero attached hydrogens (tertiary/aromatic N) is 2. The zero-order chi connectivity index (χ0) is 19.8. The van der Waals surface area contributed by atoms with Gasteiger partial charge in [-0.15, -0.1) is 11.3 Å². The van der Waals surface area contributed by atoms with Crippen LogP contribution in [0.2, 0.25) is 5.02 Å². The second-order valence-electron chi connectivity index (χ2n) is 5.89. The Morgan fingerprint density at radius 2 is 2.00 bits per heavy atom. The molecule has 0 aliphatic heterocycles. The maximum Gasteiger partial charge on any atom is 0.203 e. The number of benzene rings is 2. The predicted octanol–water partition coefficient (Wildman–Crippen LogP) is 6.10. The molecular weight excluding hydrogens is 394 g/mol. The molecule has 5 nitrogen and oxygen atoms in total. The molecule has 0 fully saturated rings. The van der Waals surface area contributed by atoms with Crippen LogP contribution in [0.5, 0.6) is 11.5 Å². The lowest BCUT2D eigenvalue weighted by Crippen LogP contribution is -2.02. The molecule has 0 unspecified atom stereocenters. The molecule has 0 atom stereocenters. The monoisotopic (exact) mass is 415 g/mol. The minimum Gasteiger partial charge on any atom is -0.490 e. The van der Waals surface area contributed by atoms with E-state index in [-0.39, 0.29) is 0 Å². The number of thiazole rings is 1. The Labute approximate surface area is 174 Å². The molecule has 0 radical (unpaired) electrons. The number of hydrogen-bond acceptors (Lipinski definition) is 6. The molecule has 28 heavy (non-hydrogen) atoms. The van der Waals surface area contributed by atoms with Crippen molar-refractivity contribution < 1.29 is 9.47 Å². The Kier molecular flexibility index (Phi) is 7.28. The van der Waals surface area contributed by atoms with Crippen LogP contribution in [-0.2, 0) is 0 Å². The van der Waals surface area contributed by atoms with Gasteiger partial charge in [-0.25, -0.2) is 4.98 Å². The molecule has 0 saturated carbocycles. The quantitative estimate of drug-likeness (QED) is 0.339. The molecule has 3 rings (SSSR count). The van der Waals surface area contributed by atoms with Crippen molar-refractivity contribution in [1.29, 1.82) is 0 Å². The summed E-state index contributed by atoms with van der Waals surface area (Å²) in [6.07, 6.45) is 2.58. The van der Waals surface area contributed by atoms with E-state index < -0.39 is 0 Å². The van der Waals surface area contributed by atoms with Gasteiger partial charge in [-0.2, -0.15) is 5.10 Å². The van der Waals surface area contributed by atoms with Gasteiger partial charge >= 0.3 is 0 Å². The summed E-state index contributed by atoms with van der Waals surface area (Å²) in [5.41, 5.74) is 5.77. The Bertz CT molecular complexity index is 929. The average molecular weight is 416 g/mol. The van der Waals surface area contributed by atoms with Crippen LogP contribution in [0.1, 0.15) is 25.8 Å². The van der Waals surface area contributed by atoms with E-state index in [0.717, 1.165) is 23.2 Å². The maximum absolute atomic E-state index is 6.38. The molecule has 1 heterocycles. The van der Waals surface area contributed by atoms with E-state index in [4.69, 9.17) is 21.1 Å². The fourth-order valence-corrected chi connectivity index (χ4v) is 3.44. The van der Waals surface area contributed by atoms with Crippen molar-refractivity contribution in [3.63, 3.8) is 0 Å². The Hall–Kier alpha value is -2.57. The van der Waals surface area contributed by atoms with Crippen molar-refractivity contribution in [3.8, 4) is 22.8 Å². The van der Waals surface area contributed by atoms with E-state index in [1.807, 2.05) is 55.6 Å². The molecular formula is C21H22ClN3O2S. The first-order valence-corrected chi connectivity index (χ1v) is 10.4. The molecule has 3 aromatic rings. The third-order valence-electron chi connectivity index (χ3n) is 3.73. The van der Waals surface area contributed by atoms with Crippen LogP contribution in [0.15, 0.2) is 52.9 Å². The van der Waals surface area contributed by atoms with E-state index in [1.165, 1.54) is 11.3 Å². The van der Waals surface area contributed by atoms with E-state index >= 15 is 0 Å². The summed E-state index contributed by atoms with van der Waals surface area (Å²) in [6, 6.07) is 13.7. The van der Waals surface area contributed by atoms with E-state index in [0.29, 0.717) is 34.9 Å². The van der Waals surface area contributed by atoms with E-state index in [9.17, 15) is 0 Å². The fourth-order valence-electron chi connectivity index (χ4n) is 2.50. The lowest BCUT2D eigenvalue weighted by atomic mass is 10.2. The molecule has 0 bridgehead atoms. The molecule has 2 aromatic carbocycles. The molecule has 0 amide bonds. The minimum absolute atomic E-state index is 0.501. The number of anilines is 1. The molecule has 0 saturated heterocycles. The van der Waals surface area contributed by atoms with E-state index in [1.54, 1.807) is 12.3 Å². The van der Waals surface area contributed by atoms with Gasteiger partial charge in [0.05, 0.1) is 30.1 Å².